The lowest BCUT2D eigenvalue weighted by Crippen LogP contribution is -2.26. The molecule has 5 nitrogen and oxygen atoms in total. The van der Waals surface area contributed by atoms with Gasteiger partial charge < -0.3 is 15.4 Å². The van der Waals surface area contributed by atoms with Crippen LogP contribution in [0.3, 0.4) is 0 Å². The minimum Gasteiger partial charge on any atom is -0.395 e. The number of ketones is 1. The summed E-state index contributed by atoms with van der Waals surface area (Å²) in [5.41, 5.74) is 0.794. The van der Waals surface area contributed by atoms with Crippen LogP contribution in [0.5, 0.6) is 0 Å². The summed E-state index contributed by atoms with van der Waals surface area (Å²) in [6.45, 7) is 1.53. The van der Waals surface area contributed by atoms with Gasteiger partial charge in [0.2, 0.25) is 0 Å². The fourth-order valence-electron chi connectivity index (χ4n) is 0.993. The van der Waals surface area contributed by atoms with Gasteiger partial charge in [-0.3, -0.25) is 9.59 Å². The van der Waals surface area contributed by atoms with E-state index in [1.165, 1.54) is 19.2 Å². The van der Waals surface area contributed by atoms with Crippen molar-refractivity contribution in [2.24, 2.45) is 0 Å². The SMILES string of the molecule is CC(=O)c1c[nH]c(C(=O)NCCO)c1. The molecular weight excluding hydrogens is 184 g/mol. The molecule has 1 aromatic rings. The van der Waals surface area contributed by atoms with E-state index in [0.29, 0.717) is 11.3 Å². The van der Waals surface area contributed by atoms with E-state index in [4.69, 9.17) is 5.11 Å². The highest BCUT2D eigenvalue weighted by molar-refractivity contribution is 5.98. The minimum atomic E-state index is -0.327. The van der Waals surface area contributed by atoms with Gasteiger partial charge in [0.05, 0.1) is 6.61 Å². The first-order chi connectivity index (χ1) is 6.65. The Balaban J connectivity index is 2.66. The van der Waals surface area contributed by atoms with Crippen LogP contribution in [0, 0.1) is 0 Å². The second-order valence-corrected chi connectivity index (χ2v) is 2.84. The Kier molecular flexibility index (Phi) is 3.41. The summed E-state index contributed by atoms with van der Waals surface area (Å²) in [5, 5.41) is 10.9. The van der Waals surface area contributed by atoms with Crippen LogP contribution in [0.15, 0.2) is 12.3 Å². The molecule has 1 amide bonds. The number of aliphatic hydroxyl groups is 1. The van der Waals surface area contributed by atoms with Crippen LogP contribution in [0.25, 0.3) is 0 Å². The lowest BCUT2D eigenvalue weighted by Gasteiger charge is -1.99. The van der Waals surface area contributed by atoms with Crippen molar-refractivity contribution in [3.8, 4) is 0 Å². The third kappa shape index (κ3) is 2.43. The van der Waals surface area contributed by atoms with Gasteiger partial charge in [-0.2, -0.15) is 0 Å². The van der Waals surface area contributed by atoms with Gasteiger partial charge in [0.1, 0.15) is 5.69 Å². The first-order valence-corrected chi connectivity index (χ1v) is 4.23. The second-order valence-electron chi connectivity index (χ2n) is 2.84. The van der Waals surface area contributed by atoms with E-state index in [0.717, 1.165) is 0 Å². The number of hydrogen-bond donors (Lipinski definition) is 3. The van der Waals surface area contributed by atoms with Gasteiger partial charge in [0.15, 0.2) is 5.78 Å². The highest BCUT2D eigenvalue weighted by atomic mass is 16.3. The Bertz CT molecular complexity index is 344. The van der Waals surface area contributed by atoms with E-state index < -0.39 is 0 Å². The van der Waals surface area contributed by atoms with Crippen molar-refractivity contribution < 1.29 is 14.7 Å². The molecule has 0 atom stereocenters. The van der Waals surface area contributed by atoms with Crippen LogP contribution >= 0.6 is 0 Å². The molecule has 0 aliphatic rings. The summed E-state index contributed by atoms with van der Waals surface area (Å²) in [4.78, 5) is 24.9. The average molecular weight is 196 g/mol. The molecule has 1 heterocycles. The van der Waals surface area contributed by atoms with Crippen LogP contribution in [0.4, 0.5) is 0 Å². The number of aliphatic hydroxyl groups excluding tert-OH is 1. The van der Waals surface area contributed by atoms with E-state index >= 15 is 0 Å². The molecule has 0 aliphatic heterocycles. The molecule has 1 rings (SSSR count). The van der Waals surface area contributed by atoms with Crippen LogP contribution in [-0.4, -0.2) is 34.9 Å². The maximum absolute atomic E-state index is 11.3. The Morgan fingerprint density at radius 3 is 2.79 bits per heavy atom. The molecule has 0 saturated heterocycles. The summed E-state index contributed by atoms with van der Waals surface area (Å²) in [6, 6.07) is 1.48. The van der Waals surface area contributed by atoms with E-state index in [2.05, 4.69) is 10.3 Å². The molecule has 5 heteroatoms. The number of hydrogen-bond acceptors (Lipinski definition) is 3. The van der Waals surface area contributed by atoms with Crippen LogP contribution in [-0.2, 0) is 0 Å². The van der Waals surface area contributed by atoms with Gasteiger partial charge in [-0.25, -0.2) is 0 Å². The summed E-state index contributed by atoms with van der Waals surface area (Å²) in [5.74, 6) is -0.422. The van der Waals surface area contributed by atoms with Crippen molar-refractivity contribution in [2.45, 2.75) is 6.92 Å². The van der Waals surface area contributed by atoms with E-state index in [9.17, 15) is 9.59 Å². The van der Waals surface area contributed by atoms with Crippen molar-refractivity contribution in [1.29, 1.82) is 0 Å². The van der Waals surface area contributed by atoms with Gasteiger partial charge in [0, 0.05) is 18.3 Å². The molecule has 14 heavy (non-hydrogen) atoms. The number of rotatable bonds is 4. The second kappa shape index (κ2) is 4.57. The monoisotopic (exact) mass is 196 g/mol. The van der Waals surface area contributed by atoms with E-state index in [-0.39, 0.29) is 24.8 Å². The molecule has 3 N–H and O–H groups in total. The predicted octanol–water partition coefficient (Wildman–Crippen LogP) is -0.0606. The third-order valence-electron chi connectivity index (χ3n) is 1.73. The van der Waals surface area contributed by atoms with Crippen LogP contribution in [0.2, 0.25) is 0 Å². The van der Waals surface area contributed by atoms with Crippen molar-refractivity contribution in [3.05, 3.63) is 23.5 Å². The molecule has 0 unspecified atom stereocenters. The number of amides is 1. The Labute approximate surface area is 81.1 Å². The number of nitrogens with one attached hydrogen (secondary N) is 2. The number of carbonyl (C=O) groups excluding carboxylic acids is 2. The van der Waals surface area contributed by atoms with Crippen LogP contribution < -0.4 is 5.32 Å². The number of Topliss-reactive ketones (excluding diaryl/α,β-unsaturated/α-hetero) is 1. The molecule has 0 aromatic carbocycles. The fourth-order valence-corrected chi connectivity index (χ4v) is 0.993. The highest BCUT2D eigenvalue weighted by Gasteiger charge is 2.09. The lowest BCUT2D eigenvalue weighted by atomic mass is 10.2. The molecule has 0 saturated carbocycles. The molecule has 76 valence electrons. The van der Waals surface area contributed by atoms with Gasteiger partial charge in [-0.05, 0) is 13.0 Å². The van der Waals surface area contributed by atoms with Gasteiger partial charge in [-0.1, -0.05) is 0 Å². The third-order valence-corrected chi connectivity index (χ3v) is 1.73. The maximum atomic E-state index is 11.3. The van der Waals surface area contributed by atoms with E-state index in [1.807, 2.05) is 0 Å². The largest absolute Gasteiger partial charge is 0.395 e. The van der Waals surface area contributed by atoms with Gasteiger partial charge in [0.25, 0.3) is 5.91 Å². The summed E-state index contributed by atoms with van der Waals surface area (Å²) in [6.07, 6.45) is 1.48. The van der Waals surface area contributed by atoms with Gasteiger partial charge in [-0.15, -0.1) is 0 Å². The first-order valence-electron chi connectivity index (χ1n) is 4.23. The standard InChI is InChI=1S/C9H12N2O3/c1-6(13)7-4-8(11-5-7)9(14)10-2-3-12/h4-5,11-12H,2-3H2,1H3,(H,10,14). The first kappa shape index (κ1) is 10.5. The van der Waals surface area contributed by atoms with Crippen molar-refractivity contribution in [3.63, 3.8) is 0 Å². The van der Waals surface area contributed by atoms with Crippen molar-refractivity contribution in [1.82, 2.24) is 10.3 Å². The molecule has 0 spiro atoms. The van der Waals surface area contributed by atoms with Crippen molar-refractivity contribution in [2.75, 3.05) is 13.2 Å². The predicted molar refractivity (Wildman–Crippen MR) is 50.2 cm³/mol. The smallest absolute Gasteiger partial charge is 0.267 e. The fraction of sp³-hybridized carbons (Fsp3) is 0.333. The Hall–Kier alpha value is -1.62. The van der Waals surface area contributed by atoms with E-state index in [1.54, 1.807) is 0 Å². The Morgan fingerprint density at radius 1 is 1.57 bits per heavy atom. The summed E-state index contributed by atoms with van der Waals surface area (Å²) in [7, 11) is 0. The number of aromatic amines is 1. The summed E-state index contributed by atoms with van der Waals surface area (Å²) >= 11 is 0. The number of aromatic nitrogens is 1. The Morgan fingerprint density at radius 2 is 2.29 bits per heavy atom. The quantitative estimate of drug-likeness (QED) is 0.590. The molecule has 0 radical (unpaired) electrons. The molecule has 0 fully saturated rings. The maximum Gasteiger partial charge on any atom is 0.267 e. The number of H-pyrrole nitrogens is 1. The van der Waals surface area contributed by atoms with Crippen LogP contribution in [0.1, 0.15) is 27.8 Å². The average Bonchev–Trinajstić information content (AvgIpc) is 2.62. The molecule has 0 aliphatic carbocycles. The topological polar surface area (TPSA) is 82.2 Å². The normalized spacial score (nSPS) is 9.86. The molecule has 0 bridgehead atoms. The minimum absolute atomic E-state index is 0.0949. The number of carbonyl (C=O) groups is 2. The molecular formula is C9H12N2O3. The highest BCUT2D eigenvalue weighted by Crippen LogP contribution is 2.03. The van der Waals surface area contributed by atoms with Crippen molar-refractivity contribution >= 4 is 11.7 Å². The van der Waals surface area contributed by atoms with Gasteiger partial charge >= 0.3 is 0 Å². The summed E-state index contributed by atoms with van der Waals surface area (Å²) < 4.78 is 0. The zero-order chi connectivity index (χ0) is 10.6. The lowest BCUT2D eigenvalue weighted by molar-refractivity contribution is 0.0940. The zero-order valence-corrected chi connectivity index (χ0v) is 7.83. The molecule has 1 aromatic heterocycles. The zero-order valence-electron chi connectivity index (χ0n) is 7.83.